The minimum absolute atomic E-state index is 0.0146. The molecular formula is C24H26N8O3S. The van der Waals surface area contributed by atoms with Gasteiger partial charge in [-0.1, -0.05) is 0 Å². The Hall–Kier alpha value is -3.77. The number of likely N-dealkylation sites (N-methyl/N-ethyl adjacent to an activating group) is 2. The first kappa shape index (κ1) is 22.7. The summed E-state index contributed by atoms with van der Waals surface area (Å²) < 4.78 is 1.67. The number of hydrogen-bond donors (Lipinski definition) is 3. The second-order valence-corrected chi connectivity index (χ2v) is 10.5. The van der Waals surface area contributed by atoms with Gasteiger partial charge in [-0.05, 0) is 51.1 Å². The summed E-state index contributed by atoms with van der Waals surface area (Å²) in [6.07, 6.45) is 6.30. The van der Waals surface area contributed by atoms with E-state index in [4.69, 9.17) is 9.98 Å². The molecule has 1 amide bonds. The fourth-order valence-corrected chi connectivity index (χ4v) is 5.43. The van der Waals surface area contributed by atoms with Crippen LogP contribution in [0.1, 0.15) is 34.6 Å². The molecule has 5 heterocycles. The van der Waals surface area contributed by atoms with Crippen LogP contribution in [0.4, 0.5) is 0 Å². The Balaban J connectivity index is 1.41. The molecule has 1 aliphatic heterocycles. The lowest BCUT2D eigenvalue weighted by Gasteiger charge is -2.23. The number of H-pyrrole nitrogens is 2. The molecule has 2 fully saturated rings. The Morgan fingerprint density at radius 1 is 1.31 bits per heavy atom. The molecule has 186 valence electrons. The molecule has 11 nitrogen and oxygen atoms in total. The first-order valence-electron chi connectivity index (χ1n) is 11.9. The highest BCUT2D eigenvalue weighted by Gasteiger charge is 2.28. The van der Waals surface area contributed by atoms with E-state index >= 15 is 0 Å². The molecule has 3 N–H and O–H groups in total. The smallest absolute Gasteiger partial charge is 0.326 e. The summed E-state index contributed by atoms with van der Waals surface area (Å²) in [6, 6.07) is 6.15. The van der Waals surface area contributed by atoms with Crippen LogP contribution in [-0.2, 0) is 0 Å². The highest BCUT2D eigenvalue weighted by molar-refractivity contribution is 7.17. The number of aromatic nitrogens is 5. The summed E-state index contributed by atoms with van der Waals surface area (Å²) in [7, 11) is 3.95. The van der Waals surface area contributed by atoms with Crippen molar-refractivity contribution in [2.75, 3.05) is 27.2 Å². The molecule has 6 rings (SSSR count). The van der Waals surface area contributed by atoms with E-state index < -0.39 is 5.69 Å². The number of nitrogens with one attached hydrogen (secondary N) is 2. The lowest BCUT2D eigenvalue weighted by molar-refractivity contribution is 0.0742. The molecule has 12 heteroatoms. The van der Waals surface area contributed by atoms with Gasteiger partial charge < -0.3 is 19.9 Å². The number of hydrogen-bond acceptors (Lipinski definition) is 8. The number of aromatic hydroxyl groups is 1. The van der Waals surface area contributed by atoms with E-state index in [-0.39, 0.29) is 29.6 Å². The van der Waals surface area contributed by atoms with Crippen LogP contribution in [0.5, 0.6) is 5.88 Å². The summed E-state index contributed by atoms with van der Waals surface area (Å²) in [5.41, 5.74) is 1.65. The average Bonchev–Trinajstić information content (AvgIpc) is 3.22. The molecule has 0 aromatic carbocycles. The Morgan fingerprint density at radius 2 is 2.14 bits per heavy atom. The van der Waals surface area contributed by atoms with Gasteiger partial charge in [0.15, 0.2) is 11.1 Å². The van der Waals surface area contributed by atoms with Crippen molar-refractivity contribution in [3.8, 4) is 16.5 Å². The van der Waals surface area contributed by atoms with E-state index in [1.54, 1.807) is 16.8 Å². The van der Waals surface area contributed by atoms with Gasteiger partial charge >= 0.3 is 5.69 Å². The number of nitrogens with zero attached hydrogens (tertiary/aromatic N) is 6. The number of carbonyl (C=O) groups excluding carboxylic acids is 1. The van der Waals surface area contributed by atoms with Crippen molar-refractivity contribution in [3.05, 3.63) is 56.2 Å². The van der Waals surface area contributed by atoms with Crippen LogP contribution in [0.15, 0.2) is 34.2 Å². The molecule has 1 saturated heterocycles. The van der Waals surface area contributed by atoms with Gasteiger partial charge in [0.05, 0.1) is 27.7 Å². The summed E-state index contributed by atoms with van der Waals surface area (Å²) in [4.78, 5) is 44.8. The van der Waals surface area contributed by atoms with Crippen molar-refractivity contribution < 1.29 is 9.90 Å². The second-order valence-electron chi connectivity index (χ2n) is 9.47. The lowest BCUT2D eigenvalue weighted by atomic mass is 10.2. The van der Waals surface area contributed by atoms with Gasteiger partial charge in [0, 0.05) is 30.9 Å². The molecule has 1 saturated carbocycles. The predicted octanol–water partition coefficient (Wildman–Crippen LogP) is 0.567. The van der Waals surface area contributed by atoms with E-state index in [0.717, 1.165) is 37.2 Å². The standard InChI is InChI=1S/C24H26N8O3S/c1-30-8-7-15(12-30)31(2)23(34)19-6-5-18(36-19)16-10-20(26-14-3-4-14)32-21(27-16)13(11-25-32)9-17-22(33)29-24(35)28-17/h5-6,9-11,14-15,33H,3-4,7-8,12H2,1-2H3,(H2,28,29,35)/b13-9+,26-20?. The summed E-state index contributed by atoms with van der Waals surface area (Å²) >= 11 is 1.41. The third-order valence-corrected chi connectivity index (χ3v) is 7.78. The summed E-state index contributed by atoms with van der Waals surface area (Å²) in [5, 5.41) is 15.1. The zero-order chi connectivity index (χ0) is 25.0. The quantitative estimate of drug-likeness (QED) is 0.362. The van der Waals surface area contributed by atoms with Crippen molar-refractivity contribution in [3.63, 3.8) is 0 Å². The Morgan fingerprint density at radius 3 is 2.83 bits per heavy atom. The SMILES string of the molecule is CN1CCC(N(C)C(=O)c2ccc(-c3cc(=NC4CC4)n4nc/c(=C\c5[nH]c(=O)[nH]c5O)c4n3)s2)C1. The number of rotatable bonds is 5. The molecule has 4 aromatic heterocycles. The van der Waals surface area contributed by atoms with Crippen molar-refractivity contribution in [2.45, 2.75) is 31.3 Å². The van der Waals surface area contributed by atoms with Crippen molar-refractivity contribution in [1.82, 2.24) is 34.4 Å². The number of amides is 1. The number of likely N-dealkylation sites (tertiary alicyclic amines) is 1. The van der Waals surface area contributed by atoms with Crippen molar-refractivity contribution in [2.24, 2.45) is 4.99 Å². The molecule has 2 aliphatic rings. The van der Waals surface area contributed by atoms with Gasteiger partial charge in [-0.25, -0.2) is 9.78 Å². The third-order valence-electron chi connectivity index (χ3n) is 6.68. The summed E-state index contributed by atoms with van der Waals surface area (Å²) in [6.45, 7) is 1.88. The van der Waals surface area contributed by atoms with E-state index in [2.05, 4.69) is 27.0 Å². The topological polar surface area (TPSA) is 135 Å². The third kappa shape index (κ3) is 4.22. The van der Waals surface area contributed by atoms with Gasteiger partial charge in [0.2, 0.25) is 5.88 Å². The van der Waals surface area contributed by atoms with Crippen molar-refractivity contribution in [1.29, 1.82) is 0 Å². The minimum atomic E-state index is -0.502. The van der Waals surface area contributed by atoms with Gasteiger partial charge in [-0.2, -0.15) is 9.61 Å². The van der Waals surface area contributed by atoms with Gasteiger partial charge in [-0.3, -0.25) is 14.8 Å². The molecule has 36 heavy (non-hydrogen) atoms. The number of fused-ring (bicyclic) bond motifs is 1. The second kappa shape index (κ2) is 8.71. The molecule has 0 spiro atoms. The maximum absolute atomic E-state index is 13.2. The highest BCUT2D eigenvalue weighted by Crippen LogP contribution is 2.28. The van der Waals surface area contributed by atoms with Crippen LogP contribution < -0.4 is 16.4 Å². The molecule has 1 atom stereocenters. The molecule has 0 bridgehead atoms. The number of carbonyl (C=O) groups is 1. The van der Waals surface area contributed by atoms with Crippen LogP contribution in [-0.4, -0.2) is 84.6 Å². The van der Waals surface area contributed by atoms with Gasteiger partial charge in [-0.15, -0.1) is 11.3 Å². The van der Waals surface area contributed by atoms with E-state index in [9.17, 15) is 14.7 Å². The van der Waals surface area contributed by atoms with Crippen molar-refractivity contribution >= 4 is 29.0 Å². The summed E-state index contributed by atoms with van der Waals surface area (Å²) in [5.74, 6) is -0.238. The first-order valence-corrected chi connectivity index (χ1v) is 12.7. The normalized spacial score (nSPS) is 19.6. The van der Waals surface area contributed by atoms with Crippen LogP contribution >= 0.6 is 11.3 Å². The highest BCUT2D eigenvalue weighted by atomic mass is 32.1. The van der Waals surface area contributed by atoms with E-state index in [1.807, 2.05) is 30.1 Å². The molecular weight excluding hydrogens is 480 g/mol. The monoisotopic (exact) mass is 506 g/mol. The maximum Gasteiger partial charge on any atom is 0.326 e. The fourth-order valence-electron chi connectivity index (χ4n) is 4.48. The lowest BCUT2D eigenvalue weighted by Crippen LogP contribution is -2.38. The number of imidazole rings is 1. The van der Waals surface area contributed by atoms with Crippen LogP contribution in [0, 0.1) is 0 Å². The molecule has 0 radical (unpaired) electrons. The van der Waals surface area contributed by atoms with E-state index in [1.165, 1.54) is 11.3 Å². The van der Waals surface area contributed by atoms with Crippen LogP contribution in [0.3, 0.4) is 0 Å². The van der Waals surface area contributed by atoms with Crippen LogP contribution in [0.25, 0.3) is 22.3 Å². The Kier molecular flexibility index (Phi) is 5.49. The first-order chi connectivity index (χ1) is 17.4. The predicted molar refractivity (Wildman–Crippen MR) is 135 cm³/mol. The Labute approximate surface area is 209 Å². The molecule has 1 unspecified atom stereocenters. The molecule has 1 aliphatic carbocycles. The Bertz CT molecular complexity index is 1640. The average molecular weight is 507 g/mol. The maximum atomic E-state index is 13.2. The molecule has 4 aromatic rings. The van der Waals surface area contributed by atoms with Gasteiger partial charge in [0.25, 0.3) is 5.91 Å². The largest absolute Gasteiger partial charge is 0.493 e. The van der Waals surface area contributed by atoms with Gasteiger partial charge in [0.1, 0.15) is 5.69 Å². The number of aromatic amines is 2. The van der Waals surface area contributed by atoms with E-state index in [0.29, 0.717) is 26.9 Å². The zero-order valence-electron chi connectivity index (χ0n) is 19.9. The zero-order valence-corrected chi connectivity index (χ0v) is 20.7. The van der Waals surface area contributed by atoms with Crippen LogP contribution in [0.2, 0.25) is 0 Å². The minimum Gasteiger partial charge on any atom is -0.493 e. The number of thiophene rings is 1. The fraction of sp³-hybridized carbons (Fsp3) is 0.375.